The second-order valence-electron chi connectivity index (χ2n) is 29.2. The fraction of sp³-hybridized carbons (Fsp3) is 0.443. The summed E-state index contributed by atoms with van der Waals surface area (Å²) in [5.74, 6) is -9.60. The van der Waals surface area contributed by atoms with Gasteiger partial charge in [0, 0.05) is 97.4 Å². The van der Waals surface area contributed by atoms with Crippen molar-refractivity contribution in [2.75, 3.05) is 52.5 Å². The first-order chi connectivity index (χ1) is 59.0. The summed E-state index contributed by atoms with van der Waals surface area (Å²) in [6, 6.07) is 8.46. The third-order valence-corrected chi connectivity index (χ3v) is 19.6. The first kappa shape index (κ1) is 94.8. The van der Waals surface area contributed by atoms with E-state index in [1.165, 1.54) is 41.5 Å². The van der Waals surface area contributed by atoms with Crippen LogP contribution in [0.1, 0.15) is 116 Å². The first-order valence-corrected chi connectivity index (χ1v) is 39.7. The van der Waals surface area contributed by atoms with Crippen molar-refractivity contribution in [2.45, 2.75) is 175 Å². The second-order valence-corrected chi connectivity index (χ2v) is 29.2. The normalized spacial score (nSPS) is 12.6. The van der Waals surface area contributed by atoms with Gasteiger partial charge in [-0.3, -0.25) is 124 Å². The highest BCUT2D eigenvalue weighted by Crippen LogP contribution is 2.44. The number of nitrogens with one attached hydrogen (secondary N) is 16. The molecule has 0 fully saturated rings. The van der Waals surface area contributed by atoms with E-state index in [0.29, 0.717) is 0 Å². The highest BCUT2D eigenvalue weighted by atomic mass is 16.5. The molecule has 7 aromatic rings. The maximum Gasteiger partial charge on any atom is 0.407 e. The first-order valence-electron chi connectivity index (χ1n) is 39.7. The SMILES string of the molecule is CCOC(=O)CNC(=O)[C@@H](CCCNC(=O)[C@@H](CCCNC(=O)[C@@H](CCCNC(=O)[C@@H](CCCNC(=O)[C@@H](CCCNC(=O)OCC1c2ccccc2-c2ccccc21)NC(=O)Cn1cc(C)c(=O)[nH]c1=O)NC(=O)Cn1cc(C)c(=O)[nH]c1=O)NC(=O)Cn1cc(C)c(=O)[nH]c1=O)NC(=O)Cn1cc(C)c(=O)[nH]c1=O)NC(=O)Cn1cc(C)c(=O)[nH]c1=O. The van der Waals surface area contributed by atoms with Crippen LogP contribution >= 0.6 is 0 Å². The van der Waals surface area contributed by atoms with Crippen LogP contribution in [0.3, 0.4) is 0 Å². The third-order valence-electron chi connectivity index (χ3n) is 19.6. The van der Waals surface area contributed by atoms with E-state index >= 15 is 0 Å². The van der Waals surface area contributed by atoms with E-state index in [1.807, 2.05) is 48.5 Å². The van der Waals surface area contributed by atoms with Gasteiger partial charge in [-0.05, 0) is 128 Å². The van der Waals surface area contributed by atoms with Crippen LogP contribution in [-0.2, 0) is 94.9 Å². The summed E-state index contributed by atoms with van der Waals surface area (Å²) in [6.07, 6.45) is 3.56. The minimum Gasteiger partial charge on any atom is -0.465 e. The van der Waals surface area contributed by atoms with Crippen LogP contribution in [0.15, 0.2) is 127 Å². The lowest BCUT2D eigenvalue weighted by Crippen LogP contribution is -2.51. The molecule has 45 nitrogen and oxygen atoms in total. The minimum atomic E-state index is -1.47. The van der Waals surface area contributed by atoms with Gasteiger partial charge in [-0.25, -0.2) is 28.8 Å². The number of benzene rings is 2. The highest BCUT2D eigenvalue weighted by molar-refractivity contribution is 5.92. The molecule has 2 aromatic carbocycles. The monoisotopic (exact) mass is 1730 g/mol. The summed E-state index contributed by atoms with van der Waals surface area (Å²) in [5.41, 5.74) is -3.84. The van der Waals surface area contributed by atoms with Crippen LogP contribution in [0.25, 0.3) is 11.1 Å². The molecule has 5 aromatic heterocycles. The number of rotatable bonds is 45. The van der Waals surface area contributed by atoms with Gasteiger partial charge in [0.05, 0.1) is 6.61 Å². The van der Waals surface area contributed by atoms with E-state index in [0.717, 1.165) is 76.1 Å². The molecule has 0 radical (unpaired) electrons. The number of fused-ring (bicyclic) bond motifs is 3. The molecule has 11 amide bonds. The van der Waals surface area contributed by atoms with Crippen molar-refractivity contribution >= 4 is 71.1 Å². The molecule has 664 valence electrons. The van der Waals surface area contributed by atoms with Crippen molar-refractivity contribution < 1.29 is 67.0 Å². The van der Waals surface area contributed by atoms with Gasteiger partial charge in [-0.1, -0.05) is 48.5 Å². The molecule has 45 heteroatoms. The summed E-state index contributed by atoms with van der Waals surface area (Å²) in [4.78, 5) is 298. The van der Waals surface area contributed by atoms with E-state index in [4.69, 9.17) is 9.47 Å². The molecule has 0 unspecified atom stereocenters. The Hall–Kier alpha value is -14.7. The lowest BCUT2D eigenvalue weighted by Gasteiger charge is -2.22. The molecule has 0 saturated heterocycles. The van der Waals surface area contributed by atoms with Crippen LogP contribution in [-0.4, -0.2) is 202 Å². The molecule has 5 heterocycles. The fourth-order valence-corrected chi connectivity index (χ4v) is 13.2. The average Bonchev–Trinajstić information content (AvgIpc) is 1.61. The van der Waals surface area contributed by atoms with Crippen molar-refractivity contribution in [3.05, 3.63) is 223 Å². The molecule has 0 bridgehead atoms. The summed E-state index contributed by atoms with van der Waals surface area (Å²) in [5, 5.41) is 28.3. The predicted molar refractivity (Wildman–Crippen MR) is 441 cm³/mol. The number of hydrogen-bond donors (Lipinski definition) is 16. The third kappa shape index (κ3) is 28.2. The maximum atomic E-state index is 14.3. The second kappa shape index (κ2) is 45.6. The molecular formula is C79H99N21O24. The Bertz CT molecular complexity index is 5740. The van der Waals surface area contributed by atoms with E-state index < -0.39 is 197 Å². The summed E-state index contributed by atoms with van der Waals surface area (Å²) < 4.78 is 15.0. The quantitative estimate of drug-likeness (QED) is 0.0125. The number of alkyl carbamates (subject to hydrolysis) is 1. The van der Waals surface area contributed by atoms with Crippen LogP contribution in [0, 0.1) is 34.6 Å². The van der Waals surface area contributed by atoms with Crippen LogP contribution in [0.4, 0.5) is 4.79 Å². The zero-order chi connectivity index (χ0) is 90.4. The van der Waals surface area contributed by atoms with E-state index in [1.54, 1.807) is 0 Å². The zero-order valence-corrected chi connectivity index (χ0v) is 68.8. The number of aryl methyl sites for hydroxylation is 5. The van der Waals surface area contributed by atoms with Gasteiger partial charge in [-0.15, -0.1) is 0 Å². The largest absolute Gasteiger partial charge is 0.465 e. The zero-order valence-electron chi connectivity index (χ0n) is 68.8. The molecule has 16 N–H and O–H groups in total. The minimum absolute atomic E-state index is 0.0136. The lowest BCUT2D eigenvalue weighted by atomic mass is 9.98. The molecular weight excluding hydrogens is 1630 g/mol. The summed E-state index contributed by atoms with van der Waals surface area (Å²) in [7, 11) is 0. The topological polar surface area (TPSA) is 630 Å². The smallest absolute Gasteiger partial charge is 0.407 e. The Balaban J connectivity index is 0.923. The van der Waals surface area contributed by atoms with Crippen molar-refractivity contribution in [3.8, 4) is 11.1 Å². The number of carbonyl (C=O) groups is 12. The Morgan fingerprint density at radius 3 is 0.839 bits per heavy atom. The predicted octanol–water partition coefficient (Wildman–Crippen LogP) is -5.71. The van der Waals surface area contributed by atoms with Crippen molar-refractivity contribution in [1.82, 2.24) is 106 Å². The Morgan fingerprint density at radius 1 is 0.339 bits per heavy atom. The van der Waals surface area contributed by atoms with Gasteiger partial charge in [-0.2, -0.15) is 0 Å². The van der Waals surface area contributed by atoms with Crippen LogP contribution in [0.2, 0.25) is 0 Å². The van der Waals surface area contributed by atoms with Gasteiger partial charge >= 0.3 is 40.5 Å². The molecule has 124 heavy (non-hydrogen) atoms. The highest BCUT2D eigenvalue weighted by Gasteiger charge is 2.32. The van der Waals surface area contributed by atoms with Gasteiger partial charge in [0.1, 0.15) is 76.1 Å². The van der Waals surface area contributed by atoms with Crippen molar-refractivity contribution in [3.63, 3.8) is 0 Å². The van der Waals surface area contributed by atoms with Gasteiger partial charge in [0.2, 0.25) is 59.1 Å². The molecule has 1 aliphatic rings. The summed E-state index contributed by atoms with van der Waals surface area (Å²) >= 11 is 0. The van der Waals surface area contributed by atoms with Crippen molar-refractivity contribution in [1.29, 1.82) is 0 Å². The van der Waals surface area contributed by atoms with E-state index in [9.17, 15) is 105 Å². The number of H-pyrrole nitrogens is 5. The Labute approximate surface area is 702 Å². The van der Waals surface area contributed by atoms with Gasteiger partial charge in [0.25, 0.3) is 27.8 Å². The van der Waals surface area contributed by atoms with Crippen LogP contribution in [0.5, 0.6) is 0 Å². The standard InChI is InChI=1S/C79H99N21O24/c1-7-123-63(106)31-85-73(116)57(90-62(105)41-100-36-47(6)68(111)95-78(100)121)24-15-29-83-71(114)55(88-60(103)39-98-34-45(4)66(109)93-76(98)119)22-13-27-81-69(112)53(86-58(101)37-96-32-43(2)64(107)91-74(96)117)21-12-26-80-70(113)54(87-59(102)38-97-33-44(3)65(108)92-75(97)118)23-14-28-82-72(115)56(89-61(104)40-99-35-46(5)67(110)94-77(99)120)25-16-30-84-79(122)124-42-52-50-19-10-8-17-48(50)49-18-9-11-20-51(49)52/h8-11,17-20,32-36,52-57H,7,12-16,21-31,37-42H2,1-6H3,(H,80,113)(H,81,112)(H,82,115)(H,83,114)(H,84,122)(H,85,116)(H,86,101)(H,87,102)(H,88,103)(H,89,104)(H,90,105)(H,91,107,117)(H,92,108,118)(H,93,109,119)(H,94,110,120)(H,95,111,121)/t53-,54-,55-,56-,57-/m1/s1. The number of ether oxygens (including phenoxy) is 2. The van der Waals surface area contributed by atoms with Crippen LogP contribution < -0.4 is 115 Å². The van der Waals surface area contributed by atoms with E-state index in [-0.39, 0.29) is 144 Å². The summed E-state index contributed by atoms with van der Waals surface area (Å²) in [6.45, 7) is 3.43. The fourth-order valence-electron chi connectivity index (χ4n) is 13.2. The van der Waals surface area contributed by atoms with Crippen molar-refractivity contribution in [2.24, 2.45) is 0 Å². The molecule has 0 saturated carbocycles. The average molecular weight is 1730 g/mol. The van der Waals surface area contributed by atoms with E-state index in [2.05, 4.69) is 83.4 Å². The van der Waals surface area contributed by atoms with Gasteiger partial charge in [0.15, 0.2) is 0 Å². The maximum absolute atomic E-state index is 14.3. The Morgan fingerprint density at radius 2 is 0.581 bits per heavy atom. The number of esters is 1. The number of aromatic amines is 5. The molecule has 0 aliphatic heterocycles. The number of carbonyl (C=O) groups excluding carboxylic acids is 12. The molecule has 5 atom stereocenters. The number of hydrogen-bond acceptors (Lipinski definition) is 24. The van der Waals surface area contributed by atoms with Gasteiger partial charge < -0.3 is 68.0 Å². The molecule has 1 aliphatic carbocycles. The molecule has 0 spiro atoms. The lowest BCUT2D eigenvalue weighted by molar-refractivity contribution is -0.143. The number of nitrogens with zero attached hydrogens (tertiary/aromatic N) is 5. The number of aromatic nitrogens is 10. The molecule has 8 rings (SSSR count). The number of amides is 11. The Kier molecular flexibility index (Phi) is 34.9.